The summed E-state index contributed by atoms with van der Waals surface area (Å²) in [5.74, 6) is 0.545. The third-order valence-electron chi connectivity index (χ3n) is 3.67. The van der Waals surface area contributed by atoms with Gasteiger partial charge in [-0.25, -0.2) is 14.6 Å². The van der Waals surface area contributed by atoms with Gasteiger partial charge in [-0.1, -0.05) is 0 Å². The molecule has 0 bridgehead atoms. The Morgan fingerprint density at radius 3 is 2.52 bits per heavy atom. The number of hydrogen-bond donors (Lipinski definition) is 1. The number of carbonyl (C=O) groups excluding carboxylic acids is 1. The Balaban J connectivity index is 1.46. The quantitative estimate of drug-likeness (QED) is 0.624. The van der Waals surface area contributed by atoms with Crippen LogP contribution in [0.4, 0.5) is 5.69 Å². The zero-order valence-electron chi connectivity index (χ0n) is 13.1. The van der Waals surface area contributed by atoms with Crippen LogP contribution in [0.3, 0.4) is 0 Å². The predicted molar refractivity (Wildman–Crippen MR) is 92.9 cm³/mol. The highest BCUT2D eigenvalue weighted by Crippen LogP contribution is 2.13. The molecule has 122 valence electrons. The third kappa shape index (κ3) is 3.16. The molecule has 1 N–H and O–H groups in total. The molecule has 0 radical (unpaired) electrons. The van der Waals surface area contributed by atoms with Crippen molar-refractivity contribution in [2.24, 2.45) is 0 Å². The van der Waals surface area contributed by atoms with E-state index >= 15 is 0 Å². The minimum atomic E-state index is -0.191. The molecule has 3 heterocycles. The molecule has 7 heteroatoms. The van der Waals surface area contributed by atoms with Gasteiger partial charge in [-0.05, 0) is 42.5 Å². The van der Waals surface area contributed by atoms with E-state index in [1.807, 2.05) is 36.7 Å². The average molecular weight is 330 g/mol. The minimum Gasteiger partial charge on any atom is -0.321 e. The van der Waals surface area contributed by atoms with Crippen LogP contribution in [0, 0.1) is 0 Å². The number of hydrogen-bond acceptors (Lipinski definition) is 4. The number of aromatic nitrogens is 5. The van der Waals surface area contributed by atoms with Gasteiger partial charge in [0, 0.05) is 30.4 Å². The van der Waals surface area contributed by atoms with E-state index in [4.69, 9.17) is 0 Å². The summed E-state index contributed by atoms with van der Waals surface area (Å²) >= 11 is 0. The van der Waals surface area contributed by atoms with Crippen molar-refractivity contribution in [1.82, 2.24) is 24.3 Å². The highest BCUT2D eigenvalue weighted by Gasteiger charge is 2.07. The second kappa shape index (κ2) is 6.40. The summed E-state index contributed by atoms with van der Waals surface area (Å²) < 4.78 is 3.53. The zero-order valence-corrected chi connectivity index (χ0v) is 13.1. The number of imidazole rings is 1. The van der Waals surface area contributed by atoms with Crippen molar-refractivity contribution < 1.29 is 4.79 Å². The van der Waals surface area contributed by atoms with Crippen LogP contribution in [-0.2, 0) is 0 Å². The summed E-state index contributed by atoms with van der Waals surface area (Å²) in [6.07, 6.45) is 10.3. The molecule has 1 aromatic carbocycles. The van der Waals surface area contributed by atoms with Gasteiger partial charge < -0.3 is 5.32 Å². The number of nitrogens with zero attached hydrogens (tertiary/aromatic N) is 5. The van der Waals surface area contributed by atoms with E-state index in [1.54, 1.807) is 52.4 Å². The molecule has 0 aliphatic heterocycles. The maximum absolute atomic E-state index is 12.3. The van der Waals surface area contributed by atoms with E-state index < -0.39 is 0 Å². The van der Waals surface area contributed by atoms with E-state index in [-0.39, 0.29) is 5.91 Å². The van der Waals surface area contributed by atoms with Crippen LogP contribution in [0.1, 0.15) is 10.4 Å². The zero-order chi connectivity index (χ0) is 17.1. The number of nitrogens with one attached hydrogen (secondary N) is 1. The topological polar surface area (TPSA) is 77.6 Å². The third-order valence-corrected chi connectivity index (χ3v) is 3.67. The maximum Gasteiger partial charge on any atom is 0.255 e. The fraction of sp³-hybridized carbons (Fsp3) is 0. The Bertz CT molecular complexity index is 958. The van der Waals surface area contributed by atoms with E-state index in [0.717, 1.165) is 11.5 Å². The fourth-order valence-electron chi connectivity index (χ4n) is 2.40. The van der Waals surface area contributed by atoms with Gasteiger partial charge in [-0.15, -0.1) is 0 Å². The van der Waals surface area contributed by atoms with Gasteiger partial charge in [-0.3, -0.25) is 9.36 Å². The van der Waals surface area contributed by atoms with Crippen molar-refractivity contribution in [3.05, 3.63) is 85.3 Å². The van der Waals surface area contributed by atoms with Crippen LogP contribution in [0.15, 0.2) is 79.8 Å². The monoisotopic (exact) mass is 330 g/mol. The molecule has 0 spiro atoms. The molecule has 0 aliphatic rings. The summed E-state index contributed by atoms with van der Waals surface area (Å²) in [5, 5.41) is 7.00. The summed E-state index contributed by atoms with van der Waals surface area (Å²) in [5.41, 5.74) is 2.09. The molecule has 0 atom stereocenters. The SMILES string of the molecule is O=C(Nc1ccc(-n2ccnc2)nc1)c1ccc(-n2cccn2)cc1. The minimum absolute atomic E-state index is 0.191. The van der Waals surface area contributed by atoms with Crippen LogP contribution in [0.25, 0.3) is 11.5 Å². The Morgan fingerprint density at radius 1 is 1.00 bits per heavy atom. The number of carbonyl (C=O) groups is 1. The molecule has 0 saturated heterocycles. The lowest BCUT2D eigenvalue weighted by Gasteiger charge is -2.07. The first kappa shape index (κ1) is 14.8. The van der Waals surface area contributed by atoms with Gasteiger partial charge in [0.05, 0.1) is 17.6 Å². The van der Waals surface area contributed by atoms with Crippen molar-refractivity contribution in [3.63, 3.8) is 0 Å². The van der Waals surface area contributed by atoms with Gasteiger partial charge in [-0.2, -0.15) is 5.10 Å². The van der Waals surface area contributed by atoms with Crippen LogP contribution in [-0.4, -0.2) is 30.2 Å². The van der Waals surface area contributed by atoms with E-state index in [2.05, 4.69) is 20.4 Å². The predicted octanol–water partition coefficient (Wildman–Crippen LogP) is 2.71. The number of pyridine rings is 1. The highest BCUT2D eigenvalue weighted by molar-refractivity contribution is 6.04. The van der Waals surface area contributed by atoms with Gasteiger partial charge in [0.1, 0.15) is 12.1 Å². The van der Waals surface area contributed by atoms with Crippen LogP contribution >= 0.6 is 0 Å². The molecular formula is C18H14N6O. The molecule has 3 aromatic heterocycles. The number of benzene rings is 1. The van der Waals surface area contributed by atoms with Crippen LogP contribution in [0.5, 0.6) is 0 Å². The molecular weight excluding hydrogens is 316 g/mol. The molecule has 0 fully saturated rings. The maximum atomic E-state index is 12.3. The number of rotatable bonds is 4. The summed E-state index contributed by atoms with van der Waals surface area (Å²) in [4.78, 5) is 20.6. The normalized spacial score (nSPS) is 10.6. The first-order valence-electron chi connectivity index (χ1n) is 7.65. The standard InChI is InChI=1S/C18H14N6O/c25-18(14-2-5-16(6-3-14)24-10-1-8-21-24)22-15-4-7-17(20-12-15)23-11-9-19-13-23/h1-13H,(H,22,25). The lowest BCUT2D eigenvalue weighted by Crippen LogP contribution is -2.12. The lowest BCUT2D eigenvalue weighted by molar-refractivity contribution is 0.102. The molecule has 1 amide bonds. The van der Waals surface area contributed by atoms with Crippen molar-refractivity contribution in [3.8, 4) is 11.5 Å². The summed E-state index contributed by atoms with van der Waals surface area (Å²) in [7, 11) is 0. The number of amides is 1. The second-order valence-electron chi connectivity index (χ2n) is 5.33. The highest BCUT2D eigenvalue weighted by atomic mass is 16.1. The smallest absolute Gasteiger partial charge is 0.255 e. The summed E-state index contributed by atoms with van der Waals surface area (Å²) in [6.45, 7) is 0. The summed E-state index contributed by atoms with van der Waals surface area (Å²) in [6, 6.07) is 12.7. The van der Waals surface area contributed by atoms with Crippen molar-refractivity contribution in [2.75, 3.05) is 5.32 Å². The van der Waals surface area contributed by atoms with Crippen LogP contribution in [0.2, 0.25) is 0 Å². The number of anilines is 1. The van der Waals surface area contributed by atoms with Crippen molar-refractivity contribution >= 4 is 11.6 Å². The molecule has 0 saturated carbocycles. The van der Waals surface area contributed by atoms with Gasteiger partial charge >= 0.3 is 0 Å². The Labute approximate surface area is 143 Å². The fourth-order valence-corrected chi connectivity index (χ4v) is 2.40. The molecule has 0 unspecified atom stereocenters. The molecule has 25 heavy (non-hydrogen) atoms. The van der Waals surface area contributed by atoms with E-state index in [1.165, 1.54) is 0 Å². The molecule has 4 aromatic rings. The van der Waals surface area contributed by atoms with Crippen LogP contribution < -0.4 is 5.32 Å². The van der Waals surface area contributed by atoms with Gasteiger partial charge in [0.15, 0.2) is 0 Å². The molecule has 0 aliphatic carbocycles. The largest absolute Gasteiger partial charge is 0.321 e. The Kier molecular flexibility index (Phi) is 3.80. The second-order valence-corrected chi connectivity index (χ2v) is 5.33. The van der Waals surface area contributed by atoms with Gasteiger partial charge in [0.2, 0.25) is 0 Å². The molecule has 7 nitrogen and oxygen atoms in total. The molecule has 4 rings (SSSR count). The average Bonchev–Trinajstić information content (AvgIpc) is 3.36. The van der Waals surface area contributed by atoms with E-state index in [9.17, 15) is 4.79 Å². The lowest BCUT2D eigenvalue weighted by atomic mass is 10.2. The Hall–Kier alpha value is -3.74. The van der Waals surface area contributed by atoms with Crippen molar-refractivity contribution in [1.29, 1.82) is 0 Å². The van der Waals surface area contributed by atoms with E-state index in [0.29, 0.717) is 11.3 Å². The van der Waals surface area contributed by atoms with Crippen molar-refractivity contribution in [2.45, 2.75) is 0 Å². The Morgan fingerprint density at radius 2 is 1.88 bits per heavy atom. The first-order chi connectivity index (χ1) is 12.3. The van der Waals surface area contributed by atoms with Gasteiger partial charge in [0.25, 0.3) is 5.91 Å². The first-order valence-corrected chi connectivity index (χ1v) is 7.65.